The lowest BCUT2D eigenvalue weighted by molar-refractivity contribution is -0.115. The van der Waals surface area contributed by atoms with Crippen molar-refractivity contribution < 1.29 is 4.79 Å². The maximum atomic E-state index is 12.2. The molecule has 0 fully saturated rings. The first-order valence-electron chi connectivity index (χ1n) is 8.60. The number of hydrogen-bond donors (Lipinski definition) is 3. The largest absolute Gasteiger partial charge is 0.378 e. The van der Waals surface area contributed by atoms with Crippen molar-refractivity contribution in [2.24, 2.45) is 0 Å². The zero-order chi connectivity index (χ0) is 19.0. The molecule has 1 aromatic heterocycles. The number of nitrogens with one attached hydrogen (secondary N) is 2. The minimum Gasteiger partial charge on any atom is -0.378 e. The summed E-state index contributed by atoms with van der Waals surface area (Å²) < 4.78 is 0. The van der Waals surface area contributed by atoms with Crippen LogP contribution in [0.2, 0.25) is 0 Å². The normalized spacial score (nSPS) is 12.4. The first kappa shape index (κ1) is 16.8. The molecule has 4 N–H and O–H groups in total. The van der Waals surface area contributed by atoms with Crippen LogP contribution in [0.4, 0.5) is 28.7 Å². The second kappa shape index (κ2) is 6.60. The third kappa shape index (κ3) is 3.39. The molecule has 0 saturated carbocycles. The van der Waals surface area contributed by atoms with E-state index in [4.69, 9.17) is 5.73 Å². The maximum Gasteiger partial charge on any atom is 0.228 e. The summed E-state index contributed by atoms with van der Waals surface area (Å²) >= 11 is 0. The summed E-state index contributed by atoms with van der Waals surface area (Å²) in [5.74, 6) is 0.0908. The average Bonchev–Trinajstić information content (AvgIpc) is 2.77. The van der Waals surface area contributed by atoms with Gasteiger partial charge in [-0.05, 0) is 42.5 Å². The van der Waals surface area contributed by atoms with Gasteiger partial charge in [-0.15, -0.1) is 0 Å². The van der Waals surface area contributed by atoms with Crippen LogP contribution in [0.3, 0.4) is 0 Å². The van der Waals surface area contributed by atoms with Gasteiger partial charge in [0.2, 0.25) is 11.9 Å². The molecule has 1 aliphatic heterocycles. The molecule has 136 valence electrons. The third-order valence-electron chi connectivity index (χ3n) is 4.46. The number of aromatic nitrogens is 2. The van der Waals surface area contributed by atoms with Crippen molar-refractivity contribution >= 4 is 34.6 Å². The van der Waals surface area contributed by atoms with Crippen molar-refractivity contribution in [2.45, 2.75) is 6.42 Å². The first-order chi connectivity index (χ1) is 13.0. The summed E-state index contributed by atoms with van der Waals surface area (Å²) in [6, 6.07) is 13.9. The third-order valence-corrected chi connectivity index (χ3v) is 4.46. The van der Waals surface area contributed by atoms with Crippen molar-refractivity contribution in [3.63, 3.8) is 0 Å². The molecule has 0 saturated heterocycles. The average molecular weight is 360 g/mol. The van der Waals surface area contributed by atoms with Crippen LogP contribution in [0.25, 0.3) is 11.3 Å². The zero-order valence-electron chi connectivity index (χ0n) is 15.2. The monoisotopic (exact) mass is 360 g/mol. The summed E-state index contributed by atoms with van der Waals surface area (Å²) in [4.78, 5) is 22.6. The topological polar surface area (TPSA) is 96.2 Å². The van der Waals surface area contributed by atoms with Crippen LogP contribution in [0.1, 0.15) is 5.56 Å². The Hall–Kier alpha value is -3.61. The Morgan fingerprint density at radius 1 is 1.11 bits per heavy atom. The van der Waals surface area contributed by atoms with E-state index in [0.29, 0.717) is 11.4 Å². The number of fused-ring (bicyclic) bond motifs is 3. The maximum absolute atomic E-state index is 12.2. The smallest absolute Gasteiger partial charge is 0.228 e. The number of nitrogens with two attached hydrogens (primary N) is 1. The van der Waals surface area contributed by atoms with Crippen LogP contribution in [-0.2, 0) is 11.2 Å². The number of anilines is 5. The van der Waals surface area contributed by atoms with Gasteiger partial charge in [0, 0.05) is 48.5 Å². The Balaban J connectivity index is 1.68. The number of nitrogens with zero attached hydrogens (tertiary/aromatic N) is 3. The Bertz CT molecular complexity index is 1010. The molecule has 27 heavy (non-hydrogen) atoms. The molecule has 0 unspecified atom stereocenters. The van der Waals surface area contributed by atoms with Gasteiger partial charge in [-0.1, -0.05) is 0 Å². The molecule has 0 bridgehead atoms. The van der Waals surface area contributed by atoms with Crippen LogP contribution in [0.15, 0.2) is 48.7 Å². The van der Waals surface area contributed by atoms with Gasteiger partial charge in [0.1, 0.15) is 0 Å². The molecule has 1 amide bonds. The molecule has 7 nitrogen and oxygen atoms in total. The molecule has 0 aliphatic carbocycles. The number of amides is 1. The molecule has 3 aromatic rings. The van der Waals surface area contributed by atoms with Gasteiger partial charge in [0.05, 0.1) is 17.8 Å². The molecular weight excluding hydrogens is 340 g/mol. The molecule has 0 atom stereocenters. The van der Waals surface area contributed by atoms with Gasteiger partial charge in [-0.2, -0.15) is 0 Å². The second-order valence-corrected chi connectivity index (χ2v) is 6.65. The standard InChI is InChI=1S/C20H20N6O/c1-26(2)15-6-3-13(4-7-15)23-14-5-8-16-17(10-14)24-18(27)9-12-11-22-20(21)25-19(12)16/h3-8,10-11,23H,9H2,1-2H3,(H,24,27)(H2,21,22,25). The minimum atomic E-state index is -0.101. The fourth-order valence-electron chi connectivity index (χ4n) is 3.09. The fraction of sp³-hybridized carbons (Fsp3) is 0.150. The molecule has 1 aliphatic rings. The highest BCUT2D eigenvalue weighted by Gasteiger charge is 2.21. The highest BCUT2D eigenvalue weighted by molar-refractivity contribution is 6.00. The van der Waals surface area contributed by atoms with Gasteiger partial charge in [0.15, 0.2) is 0 Å². The number of carbonyl (C=O) groups is 1. The van der Waals surface area contributed by atoms with E-state index in [1.54, 1.807) is 6.20 Å². The van der Waals surface area contributed by atoms with E-state index in [1.165, 1.54) is 0 Å². The van der Waals surface area contributed by atoms with Gasteiger partial charge in [0.25, 0.3) is 0 Å². The minimum absolute atomic E-state index is 0.101. The van der Waals surface area contributed by atoms with E-state index in [-0.39, 0.29) is 18.3 Å². The Labute approximate surface area is 157 Å². The summed E-state index contributed by atoms with van der Waals surface area (Å²) in [5.41, 5.74) is 11.7. The van der Waals surface area contributed by atoms with Crippen molar-refractivity contribution in [2.75, 3.05) is 35.4 Å². The number of hydrogen-bond acceptors (Lipinski definition) is 6. The van der Waals surface area contributed by atoms with Crippen molar-refractivity contribution in [1.29, 1.82) is 0 Å². The van der Waals surface area contributed by atoms with E-state index >= 15 is 0 Å². The van der Waals surface area contributed by atoms with E-state index < -0.39 is 0 Å². The van der Waals surface area contributed by atoms with E-state index in [1.807, 2.05) is 61.5 Å². The van der Waals surface area contributed by atoms with Gasteiger partial charge < -0.3 is 21.3 Å². The zero-order valence-corrected chi connectivity index (χ0v) is 15.2. The van der Waals surface area contributed by atoms with Crippen LogP contribution in [-0.4, -0.2) is 30.0 Å². The van der Waals surface area contributed by atoms with Crippen molar-refractivity contribution in [3.8, 4) is 11.3 Å². The molecule has 4 rings (SSSR count). The van der Waals surface area contributed by atoms with Crippen LogP contribution >= 0.6 is 0 Å². The number of rotatable bonds is 3. The summed E-state index contributed by atoms with van der Waals surface area (Å²) in [6.07, 6.45) is 1.84. The summed E-state index contributed by atoms with van der Waals surface area (Å²) in [6.45, 7) is 0. The van der Waals surface area contributed by atoms with Crippen LogP contribution in [0, 0.1) is 0 Å². The quantitative estimate of drug-likeness (QED) is 0.664. The number of carbonyl (C=O) groups excluding carboxylic acids is 1. The highest BCUT2D eigenvalue weighted by atomic mass is 16.1. The predicted octanol–water partition coefficient (Wildman–Crippen LogP) is 3.03. The number of nitrogen functional groups attached to an aromatic ring is 1. The SMILES string of the molecule is CN(C)c1ccc(Nc2ccc3c(c2)NC(=O)Cc2cnc(N)nc2-3)cc1. The molecule has 0 spiro atoms. The summed E-state index contributed by atoms with van der Waals surface area (Å²) in [7, 11) is 4.01. The Morgan fingerprint density at radius 3 is 2.59 bits per heavy atom. The molecule has 2 heterocycles. The molecular formula is C20H20N6O. The second-order valence-electron chi connectivity index (χ2n) is 6.65. The molecule has 2 aromatic carbocycles. The van der Waals surface area contributed by atoms with E-state index in [2.05, 4.69) is 20.6 Å². The van der Waals surface area contributed by atoms with Crippen LogP contribution < -0.4 is 21.3 Å². The fourth-order valence-corrected chi connectivity index (χ4v) is 3.09. The summed E-state index contributed by atoms with van der Waals surface area (Å²) in [5, 5.41) is 6.31. The molecule has 7 heteroatoms. The Morgan fingerprint density at radius 2 is 1.85 bits per heavy atom. The first-order valence-corrected chi connectivity index (χ1v) is 8.60. The number of benzene rings is 2. The van der Waals surface area contributed by atoms with Gasteiger partial charge in [-0.25, -0.2) is 9.97 Å². The van der Waals surface area contributed by atoms with Crippen LogP contribution in [0.5, 0.6) is 0 Å². The lowest BCUT2D eigenvalue weighted by Crippen LogP contribution is -2.13. The van der Waals surface area contributed by atoms with Crippen molar-refractivity contribution in [1.82, 2.24) is 9.97 Å². The lowest BCUT2D eigenvalue weighted by Gasteiger charge is -2.14. The lowest BCUT2D eigenvalue weighted by atomic mass is 10.0. The van der Waals surface area contributed by atoms with Gasteiger partial charge >= 0.3 is 0 Å². The predicted molar refractivity (Wildman–Crippen MR) is 108 cm³/mol. The van der Waals surface area contributed by atoms with E-state index in [0.717, 1.165) is 28.2 Å². The Kier molecular flexibility index (Phi) is 4.12. The molecule has 0 radical (unpaired) electrons. The van der Waals surface area contributed by atoms with Gasteiger partial charge in [-0.3, -0.25) is 4.79 Å². The highest BCUT2D eigenvalue weighted by Crippen LogP contribution is 2.35. The van der Waals surface area contributed by atoms with Crippen molar-refractivity contribution in [3.05, 3.63) is 54.2 Å². The van der Waals surface area contributed by atoms with E-state index in [9.17, 15) is 4.79 Å².